The summed E-state index contributed by atoms with van der Waals surface area (Å²) < 4.78 is 13.7. The van der Waals surface area contributed by atoms with Crippen molar-refractivity contribution in [2.45, 2.75) is 43.4 Å². The van der Waals surface area contributed by atoms with E-state index in [1.165, 1.54) is 38.2 Å². The van der Waals surface area contributed by atoms with Crippen LogP contribution in [0.2, 0.25) is 5.02 Å². The summed E-state index contributed by atoms with van der Waals surface area (Å²) in [5.74, 6) is 0.406. The smallest absolute Gasteiger partial charge is 0.126 e. The van der Waals surface area contributed by atoms with Gasteiger partial charge >= 0.3 is 0 Å². The summed E-state index contributed by atoms with van der Waals surface area (Å²) in [6.45, 7) is 0. The summed E-state index contributed by atoms with van der Waals surface area (Å²) in [6, 6.07) is 4.85. The number of benzene rings is 1. The molecule has 1 saturated carbocycles. The summed E-state index contributed by atoms with van der Waals surface area (Å²) >= 11 is 9.67. The molecule has 1 aromatic rings. The first-order chi connectivity index (χ1) is 8.16. The lowest BCUT2D eigenvalue weighted by atomic mass is 9.92. The minimum Gasteiger partial charge on any atom is -0.207 e. The minimum atomic E-state index is -0.127. The second kappa shape index (κ2) is 6.19. The summed E-state index contributed by atoms with van der Waals surface area (Å²) in [6.07, 6.45) is 7.02. The van der Waals surface area contributed by atoms with E-state index in [2.05, 4.69) is 15.9 Å². The molecule has 1 aromatic carbocycles. The van der Waals surface area contributed by atoms with Crippen LogP contribution in [0.5, 0.6) is 0 Å². The number of halogens is 3. The van der Waals surface area contributed by atoms with E-state index in [0.717, 1.165) is 12.0 Å². The van der Waals surface area contributed by atoms with Crippen molar-refractivity contribution in [3.8, 4) is 0 Å². The van der Waals surface area contributed by atoms with Crippen LogP contribution in [0, 0.1) is 11.7 Å². The zero-order valence-electron chi connectivity index (χ0n) is 9.76. The van der Waals surface area contributed by atoms with E-state index < -0.39 is 0 Å². The van der Waals surface area contributed by atoms with Crippen molar-refractivity contribution in [1.29, 1.82) is 0 Å². The molecule has 94 valence electrons. The SMILES string of the molecule is Fc1ccc(Cl)cc1CC1CCCCCC1Br. The Labute approximate surface area is 116 Å². The largest absolute Gasteiger partial charge is 0.207 e. The lowest BCUT2D eigenvalue weighted by molar-refractivity contribution is 0.464. The van der Waals surface area contributed by atoms with Crippen molar-refractivity contribution in [2.24, 2.45) is 5.92 Å². The van der Waals surface area contributed by atoms with Gasteiger partial charge in [0.2, 0.25) is 0 Å². The number of hydrogen-bond acceptors (Lipinski definition) is 0. The van der Waals surface area contributed by atoms with E-state index in [-0.39, 0.29) is 5.82 Å². The zero-order valence-corrected chi connectivity index (χ0v) is 12.1. The summed E-state index contributed by atoms with van der Waals surface area (Å²) in [5, 5.41) is 0.626. The van der Waals surface area contributed by atoms with Gasteiger partial charge in [-0.15, -0.1) is 0 Å². The average Bonchev–Trinajstić information content (AvgIpc) is 2.50. The van der Waals surface area contributed by atoms with Gasteiger partial charge in [-0.1, -0.05) is 46.8 Å². The molecule has 0 aliphatic heterocycles. The van der Waals surface area contributed by atoms with Gasteiger partial charge in [0, 0.05) is 9.85 Å². The number of rotatable bonds is 2. The van der Waals surface area contributed by atoms with E-state index in [1.54, 1.807) is 12.1 Å². The molecule has 0 saturated heterocycles. The first-order valence-corrected chi connectivity index (χ1v) is 7.54. The Hall–Kier alpha value is -0.0800. The molecule has 0 N–H and O–H groups in total. The van der Waals surface area contributed by atoms with Gasteiger partial charge in [-0.25, -0.2) is 4.39 Å². The van der Waals surface area contributed by atoms with Crippen LogP contribution in [0.3, 0.4) is 0 Å². The standard InChI is InChI=1S/C14H17BrClF/c15-13-5-3-1-2-4-10(13)8-11-9-12(16)6-7-14(11)17/h6-7,9-10,13H,1-5,8H2. The Balaban J connectivity index is 2.10. The number of hydrogen-bond donors (Lipinski definition) is 0. The molecule has 0 radical (unpaired) electrons. The molecule has 1 aliphatic rings. The molecule has 0 spiro atoms. The van der Waals surface area contributed by atoms with Crippen LogP contribution in [0.4, 0.5) is 4.39 Å². The fourth-order valence-corrected chi connectivity index (χ4v) is 3.52. The summed E-state index contributed by atoms with van der Waals surface area (Å²) in [5.41, 5.74) is 0.758. The first-order valence-electron chi connectivity index (χ1n) is 6.25. The molecule has 17 heavy (non-hydrogen) atoms. The Bertz CT molecular complexity index is 380. The van der Waals surface area contributed by atoms with Crippen LogP contribution < -0.4 is 0 Å². The van der Waals surface area contributed by atoms with Gasteiger partial charge in [-0.05, 0) is 48.9 Å². The van der Waals surface area contributed by atoms with Crippen LogP contribution in [0.25, 0.3) is 0 Å². The van der Waals surface area contributed by atoms with Gasteiger partial charge in [0.25, 0.3) is 0 Å². The highest BCUT2D eigenvalue weighted by molar-refractivity contribution is 9.09. The molecule has 0 nitrogen and oxygen atoms in total. The predicted octanol–water partition coefficient (Wildman–Crippen LogP) is 5.37. The van der Waals surface area contributed by atoms with Crippen LogP contribution in [0.15, 0.2) is 18.2 Å². The Kier molecular flexibility index (Phi) is 4.87. The molecule has 2 unspecified atom stereocenters. The molecule has 1 aliphatic carbocycles. The summed E-state index contributed by atoms with van der Waals surface area (Å²) in [4.78, 5) is 0.517. The van der Waals surface area contributed by atoms with Crippen molar-refractivity contribution in [3.63, 3.8) is 0 Å². The second-order valence-corrected chi connectivity index (χ2v) is 6.47. The van der Waals surface area contributed by atoms with Crippen molar-refractivity contribution in [1.82, 2.24) is 0 Å². The Morgan fingerprint density at radius 3 is 2.82 bits per heavy atom. The molecule has 0 amide bonds. The van der Waals surface area contributed by atoms with Crippen LogP contribution in [0.1, 0.15) is 37.7 Å². The molecule has 2 atom stereocenters. The Morgan fingerprint density at radius 2 is 2.00 bits per heavy atom. The van der Waals surface area contributed by atoms with Crippen molar-refractivity contribution >= 4 is 27.5 Å². The molecule has 0 heterocycles. The van der Waals surface area contributed by atoms with Gasteiger partial charge < -0.3 is 0 Å². The van der Waals surface area contributed by atoms with Crippen molar-refractivity contribution < 1.29 is 4.39 Å². The third-order valence-electron chi connectivity index (χ3n) is 3.56. The topological polar surface area (TPSA) is 0 Å². The van der Waals surface area contributed by atoms with Crippen molar-refractivity contribution in [2.75, 3.05) is 0 Å². The highest BCUT2D eigenvalue weighted by atomic mass is 79.9. The molecule has 0 bridgehead atoms. The van der Waals surface area contributed by atoms with Crippen LogP contribution >= 0.6 is 27.5 Å². The van der Waals surface area contributed by atoms with E-state index in [4.69, 9.17) is 11.6 Å². The minimum absolute atomic E-state index is 0.127. The maximum absolute atomic E-state index is 13.7. The molecule has 3 heteroatoms. The third-order valence-corrected chi connectivity index (χ3v) is 5.00. The fraction of sp³-hybridized carbons (Fsp3) is 0.571. The molecule has 2 rings (SSSR count). The third kappa shape index (κ3) is 3.69. The van der Waals surface area contributed by atoms with Gasteiger partial charge in [-0.2, -0.15) is 0 Å². The maximum atomic E-state index is 13.7. The highest BCUT2D eigenvalue weighted by Gasteiger charge is 2.22. The first kappa shape index (κ1) is 13.4. The average molecular weight is 320 g/mol. The van der Waals surface area contributed by atoms with Gasteiger partial charge in [-0.3, -0.25) is 0 Å². The van der Waals surface area contributed by atoms with Crippen LogP contribution in [-0.2, 0) is 6.42 Å². The normalized spacial score (nSPS) is 25.6. The monoisotopic (exact) mass is 318 g/mol. The molecule has 0 aromatic heterocycles. The zero-order chi connectivity index (χ0) is 12.3. The van der Waals surface area contributed by atoms with Crippen molar-refractivity contribution in [3.05, 3.63) is 34.6 Å². The van der Waals surface area contributed by atoms with E-state index in [1.807, 2.05) is 0 Å². The van der Waals surface area contributed by atoms with Gasteiger partial charge in [0.05, 0.1) is 0 Å². The maximum Gasteiger partial charge on any atom is 0.126 e. The molecular weight excluding hydrogens is 303 g/mol. The van der Waals surface area contributed by atoms with Gasteiger partial charge in [0.1, 0.15) is 5.82 Å². The lowest BCUT2D eigenvalue weighted by Gasteiger charge is -2.20. The van der Waals surface area contributed by atoms with E-state index in [0.29, 0.717) is 15.8 Å². The van der Waals surface area contributed by atoms with E-state index >= 15 is 0 Å². The number of alkyl halides is 1. The predicted molar refractivity (Wildman–Crippen MR) is 74.4 cm³/mol. The van der Waals surface area contributed by atoms with E-state index in [9.17, 15) is 4.39 Å². The highest BCUT2D eigenvalue weighted by Crippen LogP contribution is 2.32. The molecular formula is C14H17BrClF. The Morgan fingerprint density at radius 1 is 1.24 bits per heavy atom. The van der Waals surface area contributed by atoms with Crippen LogP contribution in [-0.4, -0.2) is 4.83 Å². The fourth-order valence-electron chi connectivity index (χ4n) is 2.55. The van der Waals surface area contributed by atoms with Gasteiger partial charge in [0.15, 0.2) is 0 Å². The molecule has 1 fully saturated rings. The summed E-state index contributed by atoms with van der Waals surface area (Å²) in [7, 11) is 0. The lowest BCUT2D eigenvalue weighted by Crippen LogP contribution is -2.16. The second-order valence-electron chi connectivity index (χ2n) is 4.85. The quantitative estimate of drug-likeness (QED) is 0.508.